The van der Waals surface area contributed by atoms with E-state index in [1.807, 2.05) is 12.1 Å². The van der Waals surface area contributed by atoms with Gasteiger partial charge in [0.2, 0.25) is 0 Å². The molecule has 1 heterocycles. The van der Waals surface area contributed by atoms with Crippen molar-refractivity contribution in [2.45, 2.75) is 25.8 Å². The quantitative estimate of drug-likeness (QED) is 0.790. The second-order valence-electron chi connectivity index (χ2n) is 3.92. The normalized spacial score (nSPS) is 21.1. The molecule has 0 aliphatic carbocycles. The zero-order valence-corrected chi connectivity index (χ0v) is 8.62. The van der Waals surface area contributed by atoms with E-state index >= 15 is 0 Å². The summed E-state index contributed by atoms with van der Waals surface area (Å²) >= 11 is 0. The van der Waals surface area contributed by atoms with Crippen molar-refractivity contribution in [1.82, 2.24) is 5.32 Å². The highest BCUT2D eigenvalue weighted by Crippen LogP contribution is 2.14. The summed E-state index contributed by atoms with van der Waals surface area (Å²) in [6.45, 7) is 4.02. The van der Waals surface area contributed by atoms with E-state index in [0.29, 0.717) is 6.04 Å². The molecule has 1 fully saturated rings. The molecule has 2 heteroatoms. The molecule has 76 valence electrons. The summed E-state index contributed by atoms with van der Waals surface area (Å²) in [5.74, 6) is 0.985. The van der Waals surface area contributed by atoms with Crippen molar-refractivity contribution in [2.24, 2.45) is 0 Å². The van der Waals surface area contributed by atoms with Crippen LogP contribution >= 0.6 is 0 Å². The molecule has 1 saturated heterocycles. The summed E-state index contributed by atoms with van der Waals surface area (Å²) in [5.41, 5.74) is 1.25. The first-order valence-corrected chi connectivity index (χ1v) is 5.27. The van der Waals surface area contributed by atoms with Crippen LogP contribution in [0.2, 0.25) is 0 Å². The Balaban J connectivity index is 1.85. The molecule has 1 N–H and O–H groups in total. The molecule has 2 nitrogen and oxygen atoms in total. The number of ether oxygens (including phenoxy) is 1. The molecular formula is C12H17NO. The first kappa shape index (κ1) is 9.53. The topological polar surface area (TPSA) is 21.3 Å². The minimum Gasteiger partial charge on any atom is -0.492 e. The van der Waals surface area contributed by atoms with Gasteiger partial charge in [0.15, 0.2) is 0 Å². The maximum absolute atomic E-state index is 5.71. The third-order valence-electron chi connectivity index (χ3n) is 2.60. The van der Waals surface area contributed by atoms with E-state index < -0.39 is 0 Å². The molecule has 0 radical (unpaired) electrons. The van der Waals surface area contributed by atoms with Crippen LogP contribution < -0.4 is 10.1 Å². The largest absolute Gasteiger partial charge is 0.492 e. The van der Waals surface area contributed by atoms with Crippen LogP contribution in [0.3, 0.4) is 0 Å². The van der Waals surface area contributed by atoms with Crippen molar-refractivity contribution in [1.29, 1.82) is 0 Å². The molecule has 0 aromatic heterocycles. The van der Waals surface area contributed by atoms with Crippen molar-refractivity contribution in [3.63, 3.8) is 0 Å². The van der Waals surface area contributed by atoms with Crippen molar-refractivity contribution in [3.8, 4) is 5.75 Å². The zero-order chi connectivity index (χ0) is 9.80. The summed E-state index contributed by atoms with van der Waals surface area (Å²) in [6, 6.07) is 8.76. The lowest BCUT2D eigenvalue weighted by atomic mass is 10.2. The van der Waals surface area contributed by atoms with Gasteiger partial charge in [-0.2, -0.15) is 0 Å². The molecule has 1 unspecified atom stereocenters. The van der Waals surface area contributed by atoms with Gasteiger partial charge >= 0.3 is 0 Å². The Morgan fingerprint density at radius 1 is 1.50 bits per heavy atom. The fourth-order valence-electron chi connectivity index (χ4n) is 1.80. The Labute approximate surface area is 85.3 Å². The third kappa shape index (κ3) is 2.48. The highest BCUT2D eigenvalue weighted by molar-refractivity contribution is 5.27. The number of nitrogens with one attached hydrogen (secondary N) is 1. The fourth-order valence-corrected chi connectivity index (χ4v) is 1.80. The van der Waals surface area contributed by atoms with Gasteiger partial charge in [-0.1, -0.05) is 12.1 Å². The van der Waals surface area contributed by atoms with E-state index in [-0.39, 0.29) is 0 Å². The molecule has 0 bridgehead atoms. The van der Waals surface area contributed by atoms with Gasteiger partial charge in [0.1, 0.15) is 12.4 Å². The predicted molar refractivity (Wildman–Crippen MR) is 57.7 cm³/mol. The van der Waals surface area contributed by atoms with Crippen molar-refractivity contribution in [3.05, 3.63) is 29.8 Å². The van der Waals surface area contributed by atoms with Gasteiger partial charge in [0, 0.05) is 6.04 Å². The molecule has 1 aliphatic rings. The van der Waals surface area contributed by atoms with E-state index in [2.05, 4.69) is 24.4 Å². The maximum atomic E-state index is 5.71. The van der Waals surface area contributed by atoms with Crippen LogP contribution in [0.25, 0.3) is 0 Å². The Bertz CT molecular complexity index is 292. The van der Waals surface area contributed by atoms with Crippen LogP contribution in [0.4, 0.5) is 0 Å². The molecule has 1 atom stereocenters. The predicted octanol–water partition coefficient (Wildman–Crippen LogP) is 2.13. The van der Waals surface area contributed by atoms with Gasteiger partial charge in [-0.15, -0.1) is 0 Å². The highest BCUT2D eigenvalue weighted by atomic mass is 16.5. The van der Waals surface area contributed by atoms with E-state index in [1.54, 1.807) is 0 Å². The lowest BCUT2D eigenvalue weighted by Gasteiger charge is -2.12. The van der Waals surface area contributed by atoms with Gasteiger partial charge in [-0.05, 0) is 44.0 Å². The maximum Gasteiger partial charge on any atom is 0.119 e. The SMILES string of the molecule is Cc1cccc(OCC2CCCN2)c1. The highest BCUT2D eigenvalue weighted by Gasteiger charge is 2.14. The van der Waals surface area contributed by atoms with Gasteiger partial charge < -0.3 is 10.1 Å². The van der Waals surface area contributed by atoms with Crippen molar-refractivity contribution >= 4 is 0 Å². The van der Waals surface area contributed by atoms with Crippen molar-refractivity contribution in [2.75, 3.05) is 13.2 Å². The van der Waals surface area contributed by atoms with Crippen LogP contribution in [0.5, 0.6) is 5.75 Å². The van der Waals surface area contributed by atoms with Crippen LogP contribution in [0.1, 0.15) is 18.4 Å². The second-order valence-corrected chi connectivity index (χ2v) is 3.92. The van der Waals surface area contributed by atoms with Crippen LogP contribution in [-0.4, -0.2) is 19.2 Å². The summed E-state index contributed by atoms with van der Waals surface area (Å²) in [4.78, 5) is 0. The first-order valence-electron chi connectivity index (χ1n) is 5.27. The Morgan fingerprint density at radius 2 is 2.43 bits per heavy atom. The number of hydrogen-bond acceptors (Lipinski definition) is 2. The Hall–Kier alpha value is -1.02. The molecule has 1 aliphatic heterocycles. The molecule has 2 rings (SSSR count). The summed E-state index contributed by atoms with van der Waals surface area (Å²) < 4.78 is 5.71. The van der Waals surface area contributed by atoms with Gasteiger partial charge in [-0.25, -0.2) is 0 Å². The molecule has 0 spiro atoms. The molecule has 0 saturated carbocycles. The third-order valence-corrected chi connectivity index (χ3v) is 2.60. The summed E-state index contributed by atoms with van der Waals surface area (Å²) in [7, 11) is 0. The van der Waals surface area contributed by atoms with Crippen LogP contribution in [0, 0.1) is 6.92 Å². The lowest BCUT2D eigenvalue weighted by Crippen LogP contribution is -2.28. The average Bonchev–Trinajstić information content (AvgIpc) is 2.67. The van der Waals surface area contributed by atoms with Crippen molar-refractivity contribution < 1.29 is 4.74 Å². The van der Waals surface area contributed by atoms with E-state index in [0.717, 1.165) is 18.9 Å². The van der Waals surface area contributed by atoms with Crippen LogP contribution in [0.15, 0.2) is 24.3 Å². The zero-order valence-electron chi connectivity index (χ0n) is 8.62. The summed E-state index contributed by atoms with van der Waals surface area (Å²) in [6.07, 6.45) is 2.52. The smallest absolute Gasteiger partial charge is 0.119 e. The molecular weight excluding hydrogens is 174 g/mol. The van der Waals surface area contributed by atoms with Gasteiger partial charge in [-0.3, -0.25) is 0 Å². The fraction of sp³-hybridized carbons (Fsp3) is 0.500. The van der Waals surface area contributed by atoms with E-state index in [4.69, 9.17) is 4.74 Å². The van der Waals surface area contributed by atoms with Gasteiger partial charge in [0.25, 0.3) is 0 Å². The lowest BCUT2D eigenvalue weighted by molar-refractivity contribution is 0.277. The molecule has 0 amide bonds. The Morgan fingerprint density at radius 3 is 3.14 bits per heavy atom. The average molecular weight is 191 g/mol. The first-order chi connectivity index (χ1) is 6.84. The van der Waals surface area contributed by atoms with E-state index in [9.17, 15) is 0 Å². The monoisotopic (exact) mass is 191 g/mol. The van der Waals surface area contributed by atoms with Crippen LogP contribution in [-0.2, 0) is 0 Å². The Kier molecular flexibility index (Phi) is 3.04. The minimum absolute atomic E-state index is 0.551. The number of aryl methyl sites for hydroxylation is 1. The number of hydrogen-bond donors (Lipinski definition) is 1. The minimum atomic E-state index is 0.551. The molecule has 14 heavy (non-hydrogen) atoms. The molecule has 1 aromatic carbocycles. The molecule has 1 aromatic rings. The standard InChI is InChI=1S/C12H17NO/c1-10-4-2-6-12(8-10)14-9-11-5-3-7-13-11/h2,4,6,8,11,13H,3,5,7,9H2,1H3. The second kappa shape index (κ2) is 4.47. The summed E-state index contributed by atoms with van der Waals surface area (Å²) in [5, 5.41) is 3.42. The number of benzene rings is 1. The van der Waals surface area contributed by atoms with Gasteiger partial charge in [0.05, 0.1) is 0 Å². The van der Waals surface area contributed by atoms with E-state index in [1.165, 1.54) is 18.4 Å². The number of rotatable bonds is 3.